The van der Waals surface area contributed by atoms with E-state index in [0.29, 0.717) is 5.75 Å². The van der Waals surface area contributed by atoms with Crippen molar-refractivity contribution < 1.29 is 14.3 Å². The van der Waals surface area contributed by atoms with Gasteiger partial charge in [-0.3, -0.25) is 4.79 Å². The Morgan fingerprint density at radius 3 is 2.00 bits per heavy atom. The van der Waals surface area contributed by atoms with Crippen molar-refractivity contribution in [1.82, 2.24) is 0 Å². The van der Waals surface area contributed by atoms with E-state index in [9.17, 15) is 4.79 Å². The molecule has 0 bridgehead atoms. The van der Waals surface area contributed by atoms with E-state index >= 15 is 0 Å². The molecular weight excluding hydrogens is 367 g/mol. The van der Waals surface area contributed by atoms with Crippen LogP contribution in [-0.2, 0) is 4.79 Å². The van der Waals surface area contributed by atoms with Gasteiger partial charge in [0.05, 0.1) is 0 Å². The summed E-state index contributed by atoms with van der Waals surface area (Å²) in [5.74, 6) is 1.11. The fourth-order valence-corrected chi connectivity index (χ4v) is 1.43. The molecule has 112 valence electrons. The molecule has 3 nitrogen and oxygen atoms in total. The first kappa shape index (κ1) is 17.3. The summed E-state index contributed by atoms with van der Waals surface area (Å²) in [6, 6.07) is 7.19. The molecule has 1 atom stereocenters. The zero-order valence-corrected chi connectivity index (χ0v) is 15.0. The Hall–Kier alpha value is -0.780. The van der Waals surface area contributed by atoms with Crippen LogP contribution >= 0.6 is 22.6 Å². The second-order valence-corrected chi connectivity index (χ2v) is 8.01. The molecule has 0 fully saturated rings. The first-order valence-corrected chi connectivity index (χ1v) is 7.98. The van der Waals surface area contributed by atoms with Gasteiger partial charge >= 0.3 is 5.97 Å². The van der Waals surface area contributed by atoms with Gasteiger partial charge in [-0.05, 0) is 57.9 Å². The third-order valence-corrected chi connectivity index (χ3v) is 4.57. The van der Waals surface area contributed by atoms with Crippen molar-refractivity contribution >= 4 is 28.6 Å². The molecule has 1 rings (SSSR count). The molecule has 0 heterocycles. The van der Waals surface area contributed by atoms with Gasteiger partial charge in [0.25, 0.3) is 0 Å². The zero-order valence-electron chi connectivity index (χ0n) is 12.8. The Bertz CT molecular complexity index is 449. The summed E-state index contributed by atoms with van der Waals surface area (Å²) in [6.45, 7) is 10.0. The molecule has 0 aliphatic rings. The van der Waals surface area contributed by atoms with E-state index in [-0.39, 0.29) is 11.6 Å². The van der Waals surface area contributed by atoms with Gasteiger partial charge in [0, 0.05) is 0 Å². The van der Waals surface area contributed by atoms with Gasteiger partial charge < -0.3 is 9.47 Å². The minimum atomic E-state index is -0.489. The molecule has 0 radical (unpaired) electrons. The maximum Gasteiger partial charge on any atom is 0.327 e. The topological polar surface area (TPSA) is 35.5 Å². The lowest BCUT2D eigenvalue weighted by Crippen LogP contribution is -2.31. The van der Waals surface area contributed by atoms with Gasteiger partial charge in [0.1, 0.15) is 20.5 Å². The number of ether oxygens (including phenoxy) is 2. The third kappa shape index (κ3) is 4.96. The van der Waals surface area contributed by atoms with Crippen molar-refractivity contribution in [3.05, 3.63) is 24.3 Å². The Labute approximate surface area is 135 Å². The van der Waals surface area contributed by atoms with Gasteiger partial charge in [-0.15, -0.1) is 0 Å². The Morgan fingerprint density at radius 1 is 1.05 bits per heavy atom. The Balaban J connectivity index is 2.71. The van der Waals surface area contributed by atoms with Crippen LogP contribution in [0, 0.1) is 0 Å². The zero-order chi connectivity index (χ0) is 15.4. The fraction of sp³-hybridized carbons (Fsp3) is 0.562. The van der Waals surface area contributed by atoms with E-state index in [1.807, 2.05) is 39.8 Å². The van der Waals surface area contributed by atoms with Crippen molar-refractivity contribution in [2.75, 3.05) is 0 Å². The maximum absolute atomic E-state index is 12.0. The summed E-state index contributed by atoms with van der Waals surface area (Å²) in [5.41, 5.74) is -0.193. The Kier molecular flexibility index (Phi) is 5.86. The average Bonchev–Trinajstić information content (AvgIpc) is 2.40. The van der Waals surface area contributed by atoms with Gasteiger partial charge in [-0.1, -0.05) is 36.4 Å². The second kappa shape index (κ2) is 6.78. The van der Waals surface area contributed by atoms with Crippen molar-refractivity contribution in [2.24, 2.45) is 0 Å². The van der Waals surface area contributed by atoms with Crippen LogP contribution in [0.5, 0.6) is 11.5 Å². The Morgan fingerprint density at radius 2 is 1.55 bits per heavy atom. The van der Waals surface area contributed by atoms with Crippen LogP contribution in [-0.4, -0.2) is 15.0 Å². The van der Waals surface area contributed by atoms with Gasteiger partial charge in [-0.25, -0.2) is 0 Å². The second-order valence-electron chi connectivity index (χ2n) is 5.63. The van der Waals surface area contributed by atoms with E-state index in [1.54, 1.807) is 12.1 Å². The number of halogens is 1. The predicted molar refractivity (Wildman–Crippen MR) is 89.8 cm³/mol. The number of esters is 1. The molecule has 1 unspecified atom stereocenters. The molecular formula is C16H23IO3. The molecule has 1 aromatic rings. The summed E-state index contributed by atoms with van der Waals surface area (Å²) in [5, 5.41) is 0. The summed E-state index contributed by atoms with van der Waals surface area (Å²) in [4.78, 5) is 12.0. The highest BCUT2D eigenvalue weighted by molar-refractivity contribution is 14.1. The first-order valence-electron chi connectivity index (χ1n) is 6.90. The lowest BCUT2D eigenvalue weighted by atomic mass is 10.1. The van der Waals surface area contributed by atoms with Crippen molar-refractivity contribution in [3.63, 3.8) is 0 Å². The highest BCUT2D eigenvalue weighted by atomic mass is 127. The maximum atomic E-state index is 12.0. The van der Waals surface area contributed by atoms with Crippen molar-refractivity contribution in [3.8, 4) is 11.5 Å². The number of carbonyl (C=O) groups is 1. The fourth-order valence-electron chi connectivity index (χ4n) is 1.32. The average molecular weight is 390 g/mol. The van der Waals surface area contributed by atoms with E-state index in [0.717, 1.165) is 18.6 Å². The summed E-state index contributed by atoms with van der Waals surface area (Å²) in [7, 11) is 0. The largest absolute Gasteiger partial charge is 0.488 e. The molecule has 0 saturated carbocycles. The summed E-state index contributed by atoms with van der Waals surface area (Å²) < 4.78 is 10.7. The predicted octanol–water partition coefficient (Wildman–Crippen LogP) is 4.76. The number of hydrogen-bond acceptors (Lipinski definition) is 3. The van der Waals surface area contributed by atoms with Crippen LogP contribution < -0.4 is 9.47 Å². The molecule has 4 heteroatoms. The minimum absolute atomic E-state index is 0.193. The summed E-state index contributed by atoms with van der Waals surface area (Å²) >= 11 is 2.12. The van der Waals surface area contributed by atoms with E-state index in [1.165, 1.54) is 0 Å². The molecule has 0 aromatic heterocycles. The monoisotopic (exact) mass is 390 g/mol. The molecule has 0 amide bonds. The summed E-state index contributed by atoms with van der Waals surface area (Å²) in [6.07, 6.45) is 1.66. The minimum Gasteiger partial charge on any atom is -0.488 e. The molecule has 1 aromatic carbocycles. The van der Waals surface area contributed by atoms with Gasteiger partial charge in [0.15, 0.2) is 0 Å². The number of benzene rings is 1. The lowest BCUT2D eigenvalue weighted by molar-refractivity contribution is -0.136. The number of rotatable bonds is 6. The number of hydrogen-bond donors (Lipinski definition) is 0. The van der Waals surface area contributed by atoms with Crippen LogP contribution in [0.25, 0.3) is 0 Å². The molecule has 0 saturated heterocycles. The van der Waals surface area contributed by atoms with Gasteiger partial charge in [0.2, 0.25) is 0 Å². The molecule has 0 N–H and O–H groups in total. The van der Waals surface area contributed by atoms with Crippen LogP contribution in [0.3, 0.4) is 0 Å². The molecule has 20 heavy (non-hydrogen) atoms. The van der Waals surface area contributed by atoms with Gasteiger partial charge in [-0.2, -0.15) is 0 Å². The molecule has 0 aliphatic heterocycles. The molecule has 0 spiro atoms. The smallest absolute Gasteiger partial charge is 0.327 e. The van der Waals surface area contributed by atoms with Crippen LogP contribution in [0.2, 0.25) is 0 Å². The van der Waals surface area contributed by atoms with Crippen LogP contribution in [0.4, 0.5) is 0 Å². The van der Waals surface area contributed by atoms with Crippen molar-refractivity contribution in [2.45, 2.75) is 56.5 Å². The number of alkyl halides is 1. The van der Waals surface area contributed by atoms with Crippen LogP contribution in [0.1, 0.15) is 47.5 Å². The normalized spacial score (nSPS) is 14.5. The van der Waals surface area contributed by atoms with Crippen molar-refractivity contribution in [1.29, 1.82) is 0 Å². The van der Waals surface area contributed by atoms with E-state index in [2.05, 4.69) is 29.5 Å². The highest BCUT2D eigenvalue weighted by Gasteiger charge is 2.29. The standard InChI is InChI=1S/C16H23IO3/c1-6-15(3,4)20-13-10-8-12(9-11-13)19-14(18)16(5,17)7-2/h8-11H,6-7H2,1-5H3. The van der Waals surface area contributed by atoms with Crippen LogP contribution in [0.15, 0.2) is 24.3 Å². The van der Waals surface area contributed by atoms with E-state index in [4.69, 9.17) is 9.47 Å². The van der Waals surface area contributed by atoms with E-state index < -0.39 is 3.42 Å². The third-order valence-electron chi connectivity index (χ3n) is 3.37. The highest BCUT2D eigenvalue weighted by Crippen LogP contribution is 2.27. The molecule has 0 aliphatic carbocycles. The number of carbonyl (C=O) groups excluding carboxylic acids is 1. The SMILES string of the molecule is CCC(C)(C)Oc1ccc(OC(=O)C(C)(I)CC)cc1. The quantitative estimate of drug-likeness (QED) is 0.304. The lowest BCUT2D eigenvalue weighted by Gasteiger charge is -2.25. The first-order chi connectivity index (χ1) is 9.20.